The largest absolute Gasteiger partial charge is 0.375 e. The van der Waals surface area contributed by atoms with E-state index in [1.165, 1.54) is 0 Å². The topological polar surface area (TPSA) is 48.1 Å². The highest BCUT2D eigenvalue weighted by atomic mass is 16.5. The fourth-order valence-electron chi connectivity index (χ4n) is 1.31. The van der Waals surface area contributed by atoms with Gasteiger partial charge in [0.15, 0.2) is 0 Å². The number of aromatic nitrogens is 1. The van der Waals surface area contributed by atoms with Crippen molar-refractivity contribution in [1.29, 1.82) is 0 Å². The first-order chi connectivity index (χ1) is 7.20. The van der Waals surface area contributed by atoms with Gasteiger partial charge in [-0.15, -0.1) is 0 Å². The Bertz CT molecular complexity index is 270. The van der Waals surface area contributed by atoms with Crippen molar-refractivity contribution in [2.75, 3.05) is 6.61 Å². The molecule has 0 saturated carbocycles. The second-order valence-electron chi connectivity index (χ2n) is 3.92. The molecule has 0 unspecified atom stereocenters. The highest BCUT2D eigenvalue weighted by molar-refractivity contribution is 5.07. The molecule has 0 spiro atoms. The van der Waals surface area contributed by atoms with Crippen molar-refractivity contribution >= 4 is 0 Å². The average molecular weight is 208 g/mol. The number of hydrogen-bond donors (Lipinski definition) is 1. The Kier molecular flexibility index (Phi) is 4.72. The highest BCUT2D eigenvalue weighted by Gasteiger charge is 2.19. The van der Waals surface area contributed by atoms with Gasteiger partial charge >= 0.3 is 0 Å². The highest BCUT2D eigenvalue weighted by Crippen LogP contribution is 2.12. The van der Waals surface area contributed by atoms with E-state index in [1.54, 1.807) is 12.4 Å². The van der Waals surface area contributed by atoms with Gasteiger partial charge in [-0.25, -0.2) is 0 Å². The van der Waals surface area contributed by atoms with Crippen LogP contribution in [0.5, 0.6) is 0 Å². The Morgan fingerprint density at radius 1 is 1.27 bits per heavy atom. The van der Waals surface area contributed by atoms with Crippen LogP contribution in [0, 0.1) is 0 Å². The number of nitrogens with zero attached hydrogens (tertiary/aromatic N) is 1. The summed E-state index contributed by atoms with van der Waals surface area (Å²) < 4.78 is 5.61. The van der Waals surface area contributed by atoms with Gasteiger partial charge in [-0.1, -0.05) is 13.8 Å². The van der Waals surface area contributed by atoms with Gasteiger partial charge in [0, 0.05) is 17.9 Å². The van der Waals surface area contributed by atoms with Gasteiger partial charge in [-0.05, 0) is 30.5 Å². The first-order valence-electron chi connectivity index (χ1n) is 5.45. The van der Waals surface area contributed by atoms with E-state index in [2.05, 4.69) is 18.8 Å². The van der Waals surface area contributed by atoms with E-state index < -0.39 is 0 Å². The number of nitrogens with two attached hydrogens (primary N) is 1. The van der Waals surface area contributed by atoms with Gasteiger partial charge in [-0.2, -0.15) is 0 Å². The zero-order valence-electron chi connectivity index (χ0n) is 9.57. The van der Waals surface area contributed by atoms with Gasteiger partial charge in [-0.3, -0.25) is 4.98 Å². The monoisotopic (exact) mass is 208 g/mol. The lowest BCUT2D eigenvalue weighted by atomic mass is 9.96. The summed E-state index contributed by atoms with van der Waals surface area (Å²) in [7, 11) is 0. The molecule has 0 aliphatic heterocycles. The van der Waals surface area contributed by atoms with Crippen LogP contribution in [-0.2, 0) is 11.3 Å². The zero-order chi connectivity index (χ0) is 11.1. The number of pyridine rings is 1. The molecular formula is C12H20N2O. The van der Waals surface area contributed by atoms with Crippen molar-refractivity contribution in [1.82, 2.24) is 4.98 Å². The summed E-state index contributed by atoms with van der Waals surface area (Å²) in [5.74, 6) is 0. The molecule has 0 fully saturated rings. The Hall–Kier alpha value is -0.930. The molecule has 0 aromatic carbocycles. The molecule has 1 aromatic rings. The Balaban J connectivity index is 2.33. The normalized spacial score (nSPS) is 11.7. The van der Waals surface area contributed by atoms with Crippen LogP contribution in [0.2, 0.25) is 0 Å². The second-order valence-corrected chi connectivity index (χ2v) is 3.92. The standard InChI is InChI=1S/C12H20N2O/c1-3-12(13,4-2)10-15-9-11-5-7-14-8-6-11/h5-8H,3-4,9-10,13H2,1-2H3. The van der Waals surface area contributed by atoms with Crippen molar-refractivity contribution in [3.8, 4) is 0 Å². The molecule has 0 amide bonds. The van der Waals surface area contributed by atoms with Crippen molar-refractivity contribution < 1.29 is 4.74 Å². The molecule has 84 valence electrons. The van der Waals surface area contributed by atoms with Crippen molar-refractivity contribution in [2.45, 2.75) is 38.8 Å². The number of ether oxygens (including phenoxy) is 1. The van der Waals surface area contributed by atoms with Crippen LogP contribution >= 0.6 is 0 Å². The molecule has 0 aliphatic carbocycles. The summed E-state index contributed by atoms with van der Waals surface area (Å²) in [6, 6.07) is 3.91. The van der Waals surface area contributed by atoms with Crippen molar-refractivity contribution in [3.05, 3.63) is 30.1 Å². The summed E-state index contributed by atoms with van der Waals surface area (Å²) in [5.41, 5.74) is 7.09. The molecule has 1 rings (SSSR count). The molecule has 0 bridgehead atoms. The van der Waals surface area contributed by atoms with E-state index in [1.807, 2.05) is 12.1 Å². The fourth-order valence-corrected chi connectivity index (χ4v) is 1.31. The van der Waals surface area contributed by atoms with Gasteiger partial charge in [0.05, 0.1) is 13.2 Å². The smallest absolute Gasteiger partial charge is 0.0718 e. The molecular weight excluding hydrogens is 188 g/mol. The lowest BCUT2D eigenvalue weighted by Gasteiger charge is -2.26. The molecule has 2 N–H and O–H groups in total. The van der Waals surface area contributed by atoms with Crippen LogP contribution < -0.4 is 5.73 Å². The third kappa shape index (κ3) is 3.98. The lowest BCUT2D eigenvalue weighted by molar-refractivity contribution is 0.0696. The molecule has 3 nitrogen and oxygen atoms in total. The SMILES string of the molecule is CCC(N)(CC)COCc1ccncc1. The Morgan fingerprint density at radius 3 is 2.40 bits per heavy atom. The number of hydrogen-bond acceptors (Lipinski definition) is 3. The molecule has 0 atom stereocenters. The van der Waals surface area contributed by atoms with E-state index in [0.29, 0.717) is 13.2 Å². The van der Waals surface area contributed by atoms with Crippen molar-refractivity contribution in [2.24, 2.45) is 5.73 Å². The van der Waals surface area contributed by atoms with E-state index in [-0.39, 0.29) is 5.54 Å². The van der Waals surface area contributed by atoms with Gasteiger partial charge in [0.2, 0.25) is 0 Å². The van der Waals surface area contributed by atoms with Gasteiger partial charge < -0.3 is 10.5 Å². The van der Waals surface area contributed by atoms with Crippen LogP contribution in [0.1, 0.15) is 32.3 Å². The molecule has 0 saturated heterocycles. The minimum Gasteiger partial charge on any atom is -0.375 e. The predicted molar refractivity (Wildman–Crippen MR) is 61.4 cm³/mol. The van der Waals surface area contributed by atoms with Crippen LogP contribution in [0.25, 0.3) is 0 Å². The molecule has 3 heteroatoms. The Morgan fingerprint density at radius 2 is 1.87 bits per heavy atom. The first kappa shape index (κ1) is 12.1. The molecule has 1 heterocycles. The summed E-state index contributed by atoms with van der Waals surface area (Å²) in [4.78, 5) is 3.95. The fraction of sp³-hybridized carbons (Fsp3) is 0.583. The third-order valence-electron chi connectivity index (χ3n) is 2.82. The van der Waals surface area contributed by atoms with Crippen LogP contribution in [0.15, 0.2) is 24.5 Å². The summed E-state index contributed by atoms with van der Waals surface area (Å²) in [5, 5.41) is 0. The predicted octanol–water partition coefficient (Wildman–Crippen LogP) is 2.12. The number of rotatable bonds is 6. The summed E-state index contributed by atoms with van der Waals surface area (Å²) in [6.45, 7) is 5.42. The van der Waals surface area contributed by atoms with E-state index in [0.717, 1.165) is 18.4 Å². The van der Waals surface area contributed by atoms with E-state index >= 15 is 0 Å². The van der Waals surface area contributed by atoms with Gasteiger partial charge in [0.25, 0.3) is 0 Å². The summed E-state index contributed by atoms with van der Waals surface area (Å²) >= 11 is 0. The van der Waals surface area contributed by atoms with Crippen LogP contribution in [-0.4, -0.2) is 17.1 Å². The van der Waals surface area contributed by atoms with Crippen LogP contribution in [0.3, 0.4) is 0 Å². The Labute approximate surface area is 91.7 Å². The maximum atomic E-state index is 6.12. The first-order valence-corrected chi connectivity index (χ1v) is 5.45. The van der Waals surface area contributed by atoms with Crippen LogP contribution in [0.4, 0.5) is 0 Å². The van der Waals surface area contributed by atoms with Crippen molar-refractivity contribution in [3.63, 3.8) is 0 Å². The maximum Gasteiger partial charge on any atom is 0.0718 e. The third-order valence-corrected chi connectivity index (χ3v) is 2.82. The molecule has 0 radical (unpaired) electrons. The molecule has 0 aliphatic rings. The summed E-state index contributed by atoms with van der Waals surface area (Å²) in [6.07, 6.45) is 5.43. The molecule has 15 heavy (non-hydrogen) atoms. The molecule has 1 aromatic heterocycles. The average Bonchev–Trinajstić information content (AvgIpc) is 2.30. The maximum absolute atomic E-state index is 6.12. The minimum atomic E-state index is -0.174. The van der Waals surface area contributed by atoms with E-state index in [4.69, 9.17) is 10.5 Å². The minimum absolute atomic E-state index is 0.174. The lowest BCUT2D eigenvalue weighted by Crippen LogP contribution is -2.43. The second kappa shape index (κ2) is 5.83. The quantitative estimate of drug-likeness (QED) is 0.779. The van der Waals surface area contributed by atoms with Gasteiger partial charge in [0.1, 0.15) is 0 Å². The zero-order valence-corrected chi connectivity index (χ0v) is 9.57. The van der Waals surface area contributed by atoms with E-state index in [9.17, 15) is 0 Å².